The predicted molar refractivity (Wildman–Crippen MR) is 123 cm³/mol. The number of hydrazone groups is 1. The minimum Gasteiger partial charge on any atom is -0.457 e. The van der Waals surface area contributed by atoms with Gasteiger partial charge < -0.3 is 14.2 Å². The maximum Gasteiger partial charge on any atom is 0.260 e. The Morgan fingerprint density at radius 3 is 2.45 bits per heavy atom. The van der Waals surface area contributed by atoms with Gasteiger partial charge in [0, 0.05) is 0 Å². The third-order valence-electron chi connectivity index (χ3n) is 4.59. The first-order chi connectivity index (χ1) is 15.9. The van der Waals surface area contributed by atoms with E-state index in [0.717, 1.165) is 10.6 Å². The van der Waals surface area contributed by atoms with Crippen molar-refractivity contribution in [3.63, 3.8) is 0 Å². The Morgan fingerprint density at radius 1 is 1.03 bits per heavy atom. The van der Waals surface area contributed by atoms with Crippen LogP contribution in [0.2, 0.25) is 0 Å². The van der Waals surface area contributed by atoms with Crippen LogP contribution in [-0.4, -0.2) is 40.1 Å². The van der Waals surface area contributed by atoms with Gasteiger partial charge in [0.15, 0.2) is 11.5 Å². The number of carbonyl (C=O) groups excluding carboxylic acids is 1. The second-order valence-corrected chi connectivity index (χ2v) is 8.99. The minimum absolute atomic E-state index is 0.160. The number of carbonyl (C=O) groups is 1. The molecule has 3 aromatic carbocycles. The first-order valence-electron chi connectivity index (χ1n) is 9.91. The van der Waals surface area contributed by atoms with Crippen LogP contribution in [0.5, 0.6) is 23.0 Å². The fraction of sp³-hybridized carbons (Fsp3) is 0.130. The van der Waals surface area contributed by atoms with Crippen molar-refractivity contribution < 1.29 is 27.4 Å². The van der Waals surface area contributed by atoms with E-state index in [1.807, 2.05) is 30.3 Å². The van der Waals surface area contributed by atoms with Gasteiger partial charge in [-0.2, -0.15) is 5.10 Å². The van der Waals surface area contributed by atoms with Crippen LogP contribution in [0.4, 0.5) is 5.69 Å². The Hall–Kier alpha value is -4.05. The number of ether oxygens (including phenoxy) is 3. The maximum atomic E-state index is 12.4. The molecule has 1 amide bonds. The molecule has 0 spiro atoms. The minimum atomic E-state index is -3.72. The Balaban J connectivity index is 1.39. The summed E-state index contributed by atoms with van der Waals surface area (Å²) < 4.78 is 41.8. The number of nitrogens with one attached hydrogen (secondary N) is 1. The highest BCUT2D eigenvalue weighted by Crippen LogP contribution is 2.32. The van der Waals surface area contributed by atoms with E-state index in [9.17, 15) is 13.2 Å². The predicted octanol–water partition coefficient (Wildman–Crippen LogP) is 3.12. The van der Waals surface area contributed by atoms with Crippen LogP contribution in [0.3, 0.4) is 0 Å². The summed E-state index contributed by atoms with van der Waals surface area (Å²) in [6.45, 7) is -0.274. The molecule has 33 heavy (non-hydrogen) atoms. The van der Waals surface area contributed by atoms with E-state index in [-0.39, 0.29) is 6.79 Å². The third kappa shape index (κ3) is 5.80. The molecular weight excluding hydrogens is 446 g/mol. The topological polar surface area (TPSA) is 107 Å². The first-order valence-corrected chi connectivity index (χ1v) is 11.8. The van der Waals surface area contributed by atoms with E-state index in [4.69, 9.17) is 14.2 Å². The summed E-state index contributed by atoms with van der Waals surface area (Å²) >= 11 is 0. The number of hydrogen-bond donors (Lipinski definition) is 1. The first kappa shape index (κ1) is 22.2. The van der Waals surface area contributed by atoms with Gasteiger partial charge in [-0.1, -0.05) is 18.2 Å². The van der Waals surface area contributed by atoms with Gasteiger partial charge in [-0.05, 0) is 60.2 Å². The molecule has 1 aliphatic rings. The van der Waals surface area contributed by atoms with E-state index in [2.05, 4.69) is 10.5 Å². The van der Waals surface area contributed by atoms with Crippen molar-refractivity contribution >= 4 is 27.8 Å². The molecule has 3 aromatic rings. The Bertz CT molecular complexity index is 1260. The molecule has 0 saturated carbocycles. The van der Waals surface area contributed by atoms with Gasteiger partial charge in [0.1, 0.15) is 18.0 Å². The second-order valence-electron chi connectivity index (χ2n) is 7.08. The summed E-state index contributed by atoms with van der Waals surface area (Å²) in [6.07, 6.45) is 2.46. The van der Waals surface area contributed by atoms with E-state index >= 15 is 0 Å². The van der Waals surface area contributed by atoms with Crippen LogP contribution in [0.25, 0.3) is 0 Å². The fourth-order valence-corrected chi connectivity index (χ4v) is 3.90. The molecule has 0 atom stereocenters. The molecule has 0 saturated heterocycles. The van der Waals surface area contributed by atoms with Crippen molar-refractivity contribution in [1.82, 2.24) is 5.43 Å². The standard InChI is InChI=1S/C23H21N3O6S/c1-33(28,29)26(18-8-10-20(11-9-18)32-19-5-3-2-4-6-19)15-23(27)25-24-14-17-7-12-21-22(13-17)31-16-30-21/h2-14H,15-16H2,1H3,(H,25,27)/b24-14+. The quantitative estimate of drug-likeness (QED) is 0.403. The summed E-state index contributed by atoms with van der Waals surface area (Å²) in [5.41, 5.74) is 3.36. The molecule has 170 valence electrons. The van der Waals surface area contributed by atoms with Crippen molar-refractivity contribution in [2.45, 2.75) is 0 Å². The summed E-state index contributed by atoms with van der Waals surface area (Å²) in [5.74, 6) is 1.83. The maximum absolute atomic E-state index is 12.4. The van der Waals surface area contributed by atoms with Gasteiger partial charge in [-0.15, -0.1) is 0 Å². The Morgan fingerprint density at radius 2 is 1.73 bits per heavy atom. The zero-order chi connectivity index (χ0) is 23.3. The summed E-state index contributed by atoms with van der Waals surface area (Å²) in [6, 6.07) is 20.8. The van der Waals surface area contributed by atoms with Crippen molar-refractivity contribution in [3.8, 4) is 23.0 Å². The van der Waals surface area contributed by atoms with Gasteiger partial charge in [-0.25, -0.2) is 13.8 Å². The fourth-order valence-electron chi connectivity index (χ4n) is 3.04. The Kier molecular flexibility index (Phi) is 6.45. The molecular formula is C23H21N3O6S. The number of fused-ring (bicyclic) bond motifs is 1. The highest BCUT2D eigenvalue weighted by Gasteiger charge is 2.21. The number of nitrogens with zero attached hydrogens (tertiary/aromatic N) is 2. The SMILES string of the molecule is CS(=O)(=O)N(CC(=O)N/N=C/c1ccc2c(c1)OCO2)c1ccc(Oc2ccccc2)cc1. The molecule has 1 heterocycles. The lowest BCUT2D eigenvalue weighted by Gasteiger charge is -2.21. The number of para-hydroxylation sites is 1. The number of amides is 1. The van der Waals surface area contributed by atoms with Gasteiger partial charge in [0.25, 0.3) is 5.91 Å². The van der Waals surface area contributed by atoms with Crippen LogP contribution in [-0.2, 0) is 14.8 Å². The van der Waals surface area contributed by atoms with Gasteiger partial charge in [0.05, 0.1) is 18.2 Å². The Labute approximate surface area is 191 Å². The van der Waals surface area contributed by atoms with Crippen LogP contribution < -0.4 is 23.9 Å². The molecule has 0 unspecified atom stereocenters. The molecule has 0 radical (unpaired) electrons. The van der Waals surface area contributed by atoms with Crippen LogP contribution in [0, 0.1) is 0 Å². The van der Waals surface area contributed by atoms with E-state index < -0.39 is 22.5 Å². The van der Waals surface area contributed by atoms with Gasteiger partial charge in [0.2, 0.25) is 16.8 Å². The second kappa shape index (κ2) is 9.61. The smallest absolute Gasteiger partial charge is 0.260 e. The lowest BCUT2D eigenvalue weighted by atomic mass is 10.2. The third-order valence-corrected chi connectivity index (χ3v) is 5.73. The van der Waals surface area contributed by atoms with E-state index in [0.29, 0.717) is 34.2 Å². The summed E-state index contributed by atoms with van der Waals surface area (Å²) in [5, 5.41) is 3.89. The average molecular weight is 468 g/mol. The van der Waals surface area contributed by atoms with Crippen LogP contribution >= 0.6 is 0 Å². The highest BCUT2D eigenvalue weighted by molar-refractivity contribution is 7.92. The summed E-state index contributed by atoms with van der Waals surface area (Å²) in [4.78, 5) is 12.4. The lowest BCUT2D eigenvalue weighted by molar-refractivity contribution is -0.119. The largest absolute Gasteiger partial charge is 0.457 e. The van der Waals surface area contributed by atoms with Crippen molar-refractivity contribution in [2.24, 2.45) is 5.10 Å². The van der Waals surface area contributed by atoms with E-state index in [1.54, 1.807) is 42.5 Å². The number of sulfonamides is 1. The number of anilines is 1. The van der Waals surface area contributed by atoms with Crippen LogP contribution in [0.15, 0.2) is 77.9 Å². The zero-order valence-corrected chi connectivity index (χ0v) is 18.5. The van der Waals surface area contributed by atoms with Crippen molar-refractivity contribution in [2.75, 3.05) is 23.9 Å². The zero-order valence-electron chi connectivity index (χ0n) is 17.7. The number of rotatable bonds is 8. The average Bonchev–Trinajstić information content (AvgIpc) is 3.26. The number of benzene rings is 3. The lowest BCUT2D eigenvalue weighted by Crippen LogP contribution is -2.38. The van der Waals surface area contributed by atoms with E-state index in [1.165, 1.54) is 6.21 Å². The molecule has 4 rings (SSSR count). The van der Waals surface area contributed by atoms with Gasteiger partial charge in [-0.3, -0.25) is 9.10 Å². The summed E-state index contributed by atoms with van der Waals surface area (Å²) in [7, 11) is -3.72. The molecule has 0 aromatic heterocycles. The van der Waals surface area contributed by atoms with Gasteiger partial charge >= 0.3 is 0 Å². The molecule has 9 nitrogen and oxygen atoms in total. The highest BCUT2D eigenvalue weighted by atomic mass is 32.2. The molecule has 1 N–H and O–H groups in total. The monoisotopic (exact) mass is 467 g/mol. The van der Waals surface area contributed by atoms with Crippen LogP contribution in [0.1, 0.15) is 5.56 Å². The number of hydrogen-bond acceptors (Lipinski definition) is 7. The van der Waals surface area contributed by atoms with Crippen molar-refractivity contribution in [1.29, 1.82) is 0 Å². The van der Waals surface area contributed by atoms with Crippen molar-refractivity contribution in [3.05, 3.63) is 78.4 Å². The molecule has 0 aliphatic carbocycles. The molecule has 10 heteroatoms. The molecule has 0 fully saturated rings. The molecule has 1 aliphatic heterocycles. The molecule has 0 bridgehead atoms. The normalized spacial score (nSPS) is 12.5.